The zero-order chi connectivity index (χ0) is 13.2. The van der Waals surface area contributed by atoms with Crippen molar-refractivity contribution in [2.75, 3.05) is 21.3 Å². The molecule has 4 unspecified atom stereocenters. The summed E-state index contributed by atoms with van der Waals surface area (Å²) in [5, 5.41) is 0. The van der Waals surface area contributed by atoms with Gasteiger partial charge < -0.3 is 18.0 Å². The average Bonchev–Trinajstić information content (AvgIpc) is 3.19. The van der Waals surface area contributed by atoms with Crippen molar-refractivity contribution in [2.45, 2.75) is 50.9 Å². The largest absolute Gasteiger partial charge is 0.500 e. The van der Waals surface area contributed by atoms with Crippen LogP contribution in [0.15, 0.2) is 0 Å². The van der Waals surface area contributed by atoms with Crippen LogP contribution in [0, 0.1) is 11.8 Å². The van der Waals surface area contributed by atoms with E-state index in [1.165, 1.54) is 19.3 Å². The third-order valence-corrected chi connectivity index (χ3v) is 7.57. The molecular weight excluding hydrogens is 248 g/mol. The van der Waals surface area contributed by atoms with E-state index >= 15 is 0 Å². The highest BCUT2D eigenvalue weighted by Gasteiger charge is 2.48. The van der Waals surface area contributed by atoms with Crippen LogP contribution < -0.4 is 0 Å². The third kappa shape index (κ3) is 2.96. The van der Waals surface area contributed by atoms with Crippen molar-refractivity contribution in [3.05, 3.63) is 0 Å². The molecule has 0 spiro atoms. The lowest BCUT2D eigenvalue weighted by atomic mass is 9.80. The Balaban J connectivity index is 1.94. The Bertz CT molecular complexity index is 261. The molecule has 0 bridgehead atoms. The molecule has 2 fully saturated rings. The maximum absolute atomic E-state index is 5.63. The van der Waals surface area contributed by atoms with Gasteiger partial charge in [0.15, 0.2) is 0 Å². The molecular formula is C13H26O4Si. The van der Waals surface area contributed by atoms with Crippen molar-refractivity contribution in [2.24, 2.45) is 11.8 Å². The number of ether oxygens (including phenoxy) is 1. The highest BCUT2D eigenvalue weighted by Crippen LogP contribution is 2.44. The maximum atomic E-state index is 5.63. The molecule has 1 heterocycles. The molecule has 0 aromatic heterocycles. The van der Waals surface area contributed by atoms with Crippen LogP contribution in [0.4, 0.5) is 0 Å². The molecule has 2 aliphatic rings. The molecule has 4 atom stereocenters. The lowest BCUT2D eigenvalue weighted by Gasteiger charge is -2.33. The van der Waals surface area contributed by atoms with Crippen LogP contribution in [-0.4, -0.2) is 42.3 Å². The summed E-state index contributed by atoms with van der Waals surface area (Å²) >= 11 is 0. The van der Waals surface area contributed by atoms with Gasteiger partial charge in [0.05, 0.1) is 12.2 Å². The highest BCUT2D eigenvalue weighted by molar-refractivity contribution is 6.60. The van der Waals surface area contributed by atoms with Crippen LogP contribution in [0.25, 0.3) is 0 Å². The van der Waals surface area contributed by atoms with E-state index in [-0.39, 0.29) is 0 Å². The predicted molar refractivity (Wildman–Crippen MR) is 71.4 cm³/mol. The van der Waals surface area contributed by atoms with Crippen LogP contribution in [0.2, 0.25) is 6.04 Å². The van der Waals surface area contributed by atoms with Gasteiger partial charge in [-0.2, -0.15) is 0 Å². The topological polar surface area (TPSA) is 40.2 Å². The average molecular weight is 274 g/mol. The first-order valence-corrected chi connectivity index (χ1v) is 8.92. The van der Waals surface area contributed by atoms with Crippen LogP contribution >= 0.6 is 0 Å². The van der Waals surface area contributed by atoms with Gasteiger partial charge in [-0.15, -0.1) is 0 Å². The lowest BCUT2D eigenvalue weighted by Crippen LogP contribution is -2.45. The molecule has 5 heteroatoms. The summed E-state index contributed by atoms with van der Waals surface area (Å²) < 4.78 is 22.3. The van der Waals surface area contributed by atoms with E-state index in [9.17, 15) is 0 Å². The monoisotopic (exact) mass is 274 g/mol. The number of rotatable bonds is 7. The quantitative estimate of drug-likeness (QED) is 0.528. The van der Waals surface area contributed by atoms with Crippen LogP contribution in [-0.2, 0) is 18.0 Å². The van der Waals surface area contributed by atoms with Gasteiger partial charge >= 0.3 is 8.80 Å². The van der Waals surface area contributed by atoms with Crippen LogP contribution in [0.3, 0.4) is 0 Å². The van der Waals surface area contributed by atoms with E-state index in [1.807, 2.05) is 0 Å². The molecule has 106 valence electrons. The Morgan fingerprint density at radius 3 is 2.28 bits per heavy atom. The zero-order valence-corrected chi connectivity index (χ0v) is 13.0. The van der Waals surface area contributed by atoms with E-state index < -0.39 is 8.80 Å². The summed E-state index contributed by atoms with van der Waals surface area (Å²) in [6, 6.07) is 0.926. The molecule has 0 radical (unpaired) electrons. The molecule has 1 aliphatic carbocycles. The Morgan fingerprint density at radius 1 is 1.11 bits per heavy atom. The zero-order valence-electron chi connectivity index (χ0n) is 12.0. The van der Waals surface area contributed by atoms with Crippen molar-refractivity contribution < 1.29 is 18.0 Å². The second-order valence-electron chi connectivity index (χ2n) is 5.45. The fraction of sp³-hybridized carbons (Fsp3) is 1.00. The molecule has 1 saturated carbocycles. The van der Waals surface area contributed by atoms with Crippen molar-refractivity contribution in [1.82, 2.24) is 0 Å². The molecule has 2 rings (SSSR count). The first-order valence-electron chi connectivity index (χ1n) is 6.99. The minimum atomic E-state index is -2.43. The molecule has 0 aromatic carbocycles. The standard InChI is InChI=1S/C13H26O4Si/c1-5-10(9-18(14-2,15-3)16-4)11-6-7-12-13(8-11)17-12/h10-13H,5-9H2,1-4H3. The molecule has 18 heavy (non-hydrogen) atoms. The molecule has 1 saturated heterocycles. The number of hydrogen-bond donors (Lipinski definition) is 0. The predicted octanol–water partition coefficient (Wildman–Crippen LogP) is 2.46. The summed E-state index contributed by atoms with van der Waals surface area (Å²) in [5.74, 6) is 1.37. The van der Waals surface area contributed by atoms with E-state index in [1.54, 1.807) is 21.3 Å². The lowest BCUT2D eigenvalue weighted by molar-refractivity contribution is 0.110. The summed E-state index contributed by atoms with van der Waals surface area (Å²) in [6.45, 7) is 2.25. The van der Waals surface area contributed by atoms with E-state index in [2.05, 4.69) is 6.92 Å². The summed E-state index contributed by atoms with van der Waals surface area (Å²) in [5.41, 5.74) is 0. The van der Waals surface area contributed by atoms with Gasteiger partial charge in [0, 0.05) is 27.4 Å². The van der Waals surface area contributed by atoms with Gasteiger partial charge in [0.25, 0.3) is 0 Å². The number of epoxide rings is 1. The smallest absolute Gasteiger partial charge is 0.377 e. The Morgan fingerprint density at radius 2 is 1.78 bits per heavy atom. The minimum Gasteiger partial charge on any atom is -0.377 e. The van der Waals surface area contributed by atoms with Crippen molar-refractivity contribution in [3.8, 4) is 0 Å². The fourth-order valence-corrected chi connectivity index (χ4v) is 5.59. The SMILES string of the molecule is CCC(C[Si](OC)(OC)OC)C1CCC2OC2C1. The van der Waals surface area contributed by atoms with Gasteiger partial charge in [-0.3, -0.25) is 0 Å². The van der Waals surface area contributed by atoms with E-state index in [0.717, 1.165) is 18.4 Å². The number of hydrogen-bond acceptors (Lipinski definition) is 4. The van der Waals surface area contributed by atoms with Gasteiger partial charge in [0.2, 0.25) is 0 Å². The maximum Gasteiger partial charge on any atom is 0.500 e. The second-order valence-corrected chi connectivity index (χ2v) is 8.45. The molecule has 0 amide bonds. The first kappa shape index (κ1) is 14.5. The molecule has 4 nitrogen and oxygen atoms in total. The Kier molecular flexibility index (Phi) is 4.83. The molecule has 0 aromatic rings. The fourth-order valence-electron chi connectivity index (χ4n) is 3.33. The second kappa shape index (κ2) is 6.01. The van der Waals surface area contributed by atoms with Crippen molar-refractivity contribution in [3.63, 3.8) is 0 Å². The normalized spacial score (nSPS) is 33.0. The summed E-state index contributed by atoms with van der Waals surface area (Å²) in [4.78, 5) is 0. The first-order chi connectivity index (χ1) is 8.68. The highest BCUT2D eigenvalue weighted by atomic mass is 28.4. The van der Waals surface area contributed by atoms with Gasteiger partial charge in [-0.05, 0) is 31.1 Å². The van der Waals surface area contributed by atoms with Gasteiger partial charge in [-0.25, -0.2) is 0 Å². The Labute approximate surface area is 111 Å². The third-order valence-electron chi connectivity index (χ3n) is 4.68. The molecule has 0 N–H and O–H groups in total. The number of fused-ring (bicyclic) bond motifs is 1. The molecule has 1 aliphatic heterocycles. The van der Waals surface area contributed by atoms with Crippen molar-refractivity contribution >= 4 is 8.80 Å². The van der Waals surface area contributed by atoms with Crippen molar-refractivity contribution in [1.29, 1.82) is 0 Å². The minimum absolute atomic E-state index is 0.543. The van der Waals surface area contributed by atoms with Gasteiger partial charge in [-0.1, -0.05) is 13.3 Å². The Hall–Kier alpha value is 0.0569. The van der Waals surface area contributed by atoms with E-state index in [0.29, 0.717) is 18.1 Å². The summed E-state index contributed by atoms with van der Waals surface area (Å²) in [7, 11) is 2.67. The van der Waals surface area contributed by atoms with Gasteiger partial charge in [0.1, 0.15) is 0 Å². The van der Waals surface area contributed by atoms with Crippen LogP contribution in [0.5, 0.6) is 0 Å². The van der Waals surface area contributed by atoms with Crippen LogP contribution in [0.1, 0.15) is 32.6 Å². The van der Waals surface area contributed by atoms with E-state index in [4.69, 9.17) is 18.0 Å². The summed E-state index contributed by atoms with van der Waals surface area (Å²) in [6.07, 6.45) is 6.00.